The largest absolute Gasteiger partial charge is 0.497 e. The van der Waals surface area contributed by atoms with E-state index in [1.165, 1.54) is 22.5 Å². The van der Waals surface area contributed by atoms with Crippen molar-refractivity contribution in [1.29, 1.82) is 0 Å². The van der Waals surface area contributed by atoms with Crippen LogP contribution in [-0.4, -0.2) is 31.7 Å². The summed E-state index contributed by atoms with van der Waals surface area (Å²) in [7, 11) is 4.99. The molecule has 1 aliphatic rings. The molecule has 0 unspecified atom stereocenters. The topological polar surface area (TPSA) is 57.3 Å². The average Bonchev–Trinajstić information content (AvgIpc) is 3.48. The summed E-state index contributed by atoms with van der Waals surface area (Å²) < 4.78 is 18.4. The summed E-state index contributed by atoms with van der Waals surface area (Å²) >= 11 is 1.53. The van der Waals surface area contributed by atoms with E-state index in [4.69, 9.17) is 24.3 Å². The zero-order chi connectivity index (χ0) is 23.5. The van der Waals surface area contributed by atoms with Crippen LogP contribution in [0.15, 0.2) is 82.2 Å². The van der Waals surface area contributed by atoms with Crippen LogP contribution in [0.1, 0.15) is 17.5 Å². The van der Waals surface area contributed by atoms with Crippen molar-refractivity contribution >= 4 is 22.7 Å². The number of thiazole rings is 1. The van der Waals surface area contributed by atoms with E-state index in [2.05, 4.69) is 29.6 Å². The van der Waals surface area contributed by atoms with E-state index >= 15 is 0 Å². The number of benzene rings is 3. The average molecular weight is 472 g/mol. The fraction of sp³-hybridized carbons (Fsp3) is 0.185. The first-order valence-corrected chi connectivity index (χ1v) is 11.9. The Labute approximate surface area is 202 Å². The number of ether oxygens (including phenoxy) is 3. The maximum absolute atomic E-state index is 5.68. The van der Waals surface area contributed by atoms with Crippen molar-refractivity contribution in [3.05, 3.63) is 88.0 Å². The first-order chi connectivity index (χ1) is 16.7. The van der Waals surface area contributed by atoms with Gasteiger partial charge in [0.25, 0.3) is 0 Å². The molecule has 0 saturated carbocycles. The van der Waals surface area contributed by atoms with Crippen LogP contribution in [0.4, 0.5) is 5.69 Å². The smallest absolute Gasteiger partial charge is 0.211 e. The summed E-state index contributed by atoms with van der Waals surface area (Å²) in [6, 6.07) is 21.9. The van der Waals surface area contributed by atoms with Crippen LogP contribution >= 0.6 is 11.3 Å². The summed E-state index contributed by atoms with van der Waals surface area (Å²) in [5, 5.41) is 7.19. The van der Waals surface area contributed by atoms with Gasteiger partial charge in [-0.25, -0.2) is 9.67 Å². The van der Waals surface area contributed by atoms with Gasteiger partial charge in [0.15, 0.2) is 0 Å². The number of rotatable bonds is 6. The van der Waals surface area contributed by atoms with Gasteiger partial charge in [0.05, 0.1) is 38.4 Å². The van der Waals surface area contributed by atoms with E-state index in [1.54, 1.807) is 21.3 Å². The van der Waals surface area contributed by atoms with E-state index in [9.17, 15) is 0 Å². The van der Waals surface area contributed by atoms with E-state index in [0.29, 0.717) is 0 Å². The molecule has 1 aliphatic carbocycles. The van der Waals surface area contributed by atoms with Crippen LogP contribution in [0.2, 0.25) is 0 Å². The van der Waals surface area contributed by atoms with Gasteiger partial charge in [-0.15, -0.1) is 11.3 Å². The molecule has 0 radical (unpaired) electrons. The highest BCUT2D eigenvalue weighted by Gasteiger charge is 2.20. The van der Waals surface area contributed by atoms with Gasteiger partial charge in [0, 0.05) is 16.5 Å². The van der Waals surface area contributed by atoms with Crippen molar-refractivity contribution in [2.24, 2.45) is 10.1 Å². The molecule has 5 rings (SSSR count). The van der Waals surface area contributed by atoms with Crippen LogP contribution in [-0.2, 0) is 6.42 Å². The van der Waals surface area contributed by atoms with E-state index in [1.807, 2.05) is 47.1 Å². The third-order valence-corrected chi connectivity index (χ3v) is 6.66. The first-order valence-electron chi connectivity index (χ1n) is 11.0. The second-order valence-electron chi connectivity index (χ2n) is 7.80. The number of fused-ring (bicyclic) bond motifs is 1. The second-order valence-corrected chi connectivity index (χ2v) is 8.63. The Morgan fingerprint density at radius 1 is 0.794 bits per heavy atom. The first kappa shape index (κ1) is 22.0. The number of hydrogen-bond donors (Lipinski definition) is 0. The molecule has 1 heterocycles. The number of methoxy groups -OCH3 is 3. The molecule has 1 aromatic heterocycles. The summed E-state index contributed by atoms with van der Waals surface area (Å²) in [5.41, 5.74) is 6.18. The highest BCUT2D eigenvalue weighted by atomic mass is 32.1. The van der Waals surface area contributed by atoms with Crippen molar-refractivity contribution < 1.29 is 14.2 Å². The van der Waals surface area contributed by atoms with Crippen molar-refractivity contribution in [3.8, 4) is 28.5 Å². The molecule has 34 heavy (non-hydrogen) atoms. The predicted octanol–water partition coefficient (Wildman–Crippen LogP) is 5.67. The fourth-order valence-corrected chi connectivity index (χ4v) is 4.91. The lowest BCUT2D eigenvalue weighted by Crippen LogP contribution is -2.14. The van der Waals surface area contributed by atoms with Gasteiger partial charge in [-0.1, -0.05) is 24.3 Å². The van der Waals surface area contributed by atoms with Crippen molar-refractivity contribution in [1.82, 2.24) is 4.68 Å². The zero-order valence-electron chi connectivity index (χ0n) is 19.3. The Balaban J connectivity index is 1.71. The Morgan fingerprint density at radius 2 is 1.56 bits per heavy atom. The highest BCUT2D eigenvalue weighted by Crippen LogP contribution is 2.34. The Kier molecular flexibility index (Phi) is 6.18. The van der Waals surface area contributed by atoms with E-state index < -0.39 is 0 Å². The number of aromatic nitrogens is 1. The number of nitrogens with zero attached hydrogens (tertiary/aromatic N) is 3. The lowest BCUT2D eigenvalue weighted by molar-refractivity contribution is 0.404. The van der Waals surface area contributed by atoms with Gasteiger partial charge >= 0.3 is 0 Å². The lowest BCUT2D eigenvalue weighted by Gasteiger charge is -2.11. The number of hydrogen-bond acceptors (Lipinski definition) is 6. The minimum absolute atomic E-state index is 0.746. The van der Waals surface area contributed by atoms with Crippen molar-refractivity contribution in [3.63, 3.8) is 0 Å². The van der Waals surface area contributed by atoms with Crippen molar-refractivity contribution in [2.45, 2.75) is 12.8 Å². The summed E-state index contributed by atoms with van der Waals surface area (Å²) in [6.45, 7) is 0. The lowest BCUT2D eigenvalue weighted by atomic mass is 10.1. The number of aryl methyl sites for hydroxylation is 1. The highest BCUT2D eigenvalue weighted by molar-refractivity contribution is 7.07. The molecule has 0 atom stereocenters. The van der Waals surface area contributed by atoms with Gasteiger partial charge < -0.3 is 14.2 Å². The summed E-state index contributed by atoms with van der Waals surface area (Å²) in [4.78, 5) is 5.67. The normalized spacial score (nSPS) is 14.3. The molecule has 0 N–H and O–H groups in total. The molecule has 0 amide bonds. The Morgan fingerprint density at radius 3 is 2.32 bits per heavy atom. The molecule has 6 nitrogen and oxygen atoms in total. The fourth-order valence-electron chi connectivity index (χ4n) is 4.07. The maximum Gasteiger partial charge on any atom is 0.211 e. The molecule has 7 heteroatoms. The van der Waals surface area contributed by atoms with Gasteiger partial charge in [-0.2, -0.15) is 5.10 Å². The summed E-state index contributed by atoms with van der Waals surface area (Å²) in [5.74, 6) is 2.29. The zero-order valence-corrected chi connectivity index (χ0v) is 20.1. The van der Waals surface area contributed by atoms with Gasteiger partial charge in [0.1, 0.15) is 17.2 Å². The molecule has 0 saturated heterocycles. The Hall–Kier alpha value is -3.84. The summed E-state index contributed by atoms with van der Waals surface area (Å²) in [6.07, 6.45) is 1.88. The second kappa shape index (κ2) is 9.57. The quantitative estimate of drug-likeness (QED) is 0.364. The van der Waals surface area contributed by atoms with Crippen LogP contribution in [0.5, 0.6) is 17.2 Å². The standard InChI is InChI=1S/C27H25N3O3S/c1-31-20-11-9-19(10-12-20)28-27-30(29-24-14-8-18-6-4-5-7-22(18)24)25(17-34-27)23-16-21(32-2)13-15-26(23)33-3/h4-7,9-13,15-17H,8,14H2,1-3H3. The van der Waals surface area contributed by atoms with Gasteiger partial charge in [0.2, 0.25) is 4.80 Å². The van der Waals surface area contributed by atoms with Gasteiger partial charge in [-0.05, 0) is 60.9 Å². The molecule has 3 aromatic carbocycles. The molecule has 0 bridgehead atoms. The third kappa shape index (κ3) is 4.22. The van der Waals surface area contributed by atoms with Crippen LogP contribution in [0.3, 0.4) is 0 Å². The van der Waals surface area contributed by atoms with Crippen LogP contribution in [0.25, 0.3) is 11.3 Å². The molecule has 4 aromatic rings. The monoisotopic (exact) mass is 471 g/mol. The third-order valence-electron chi connectivity index (χ3n) is 5.85. The SMILES string of the molecule is COc1ccc(N=c2scc(-c3cc(OC)ccc3OC)n2N=C2CCc3ccccc32)cc1. The van der Waals surface area contributed by atoms with Crippen LogP contribution in [0, 0.1) is 0 Å². The maximum atomic E-state index is 5.68. The Bertz CT molecular complexity index is 1420. The predicted molar refractivity (Wildman–Crippen MR) is 136 cm³/mol. The van der Waals surface area contributed by atoms with E-state index in [0.717, 1.165) is 57.5 Å². The van der Waals surface area contributed by atoms with Crippen LogP contribution < -0.4 is 19.0 Å². The molecule has 172 valence electrons. The molecular weight excluding hydrogens is 446 g/mol. The molecular formula is C27H25N3O3S. The minimum Gasteiger partial charge on any atom is -0.497 e. The van der Waals surface area contributed by atoms with E-state index in [-0.39, 0.29) is 0 Å². The minimum atomic E-state index is 0.746. The van der Waals surface area contributed by atoms with Crippen molar-refractivity contribution in [2.75, 3.05) is 21.3 Å². The molecule has 0 spiro atoms. The molecule has 0 aliphatic heterocycles. The van der Waals surface area contributed by atoms with Gasteiger partial charge in [-0.3, -0.25) is 0 Å². The molecule has 0 fully saturated rings.